The first-order valence-electron chi connectivity index (χ1n) is 17.0. The molecule has 0 unspecified atom stereocenters. The van der Waals surface area contributed by atoms with Crippen LogP contribution in [0.3, 0.4) is 0 Å². The highest BCUT2D eigenvalue weighted by Crippen LogP contribution is 2.47. The summed E-state index contributed by atoms with van der Waals surface area (Å²) in [4.78, 5) is 2.46. The molecule has 5 heteroatoms. The Morgan fingerprint density at radius 2 is 1.49 bits per heavy atom. The van der Waals surface area contributed by atoms with Crippen molar-refractivity contribution in [1.29, 1.82) is 0 Å². The molecule has 0 aromatic heterocycles. The van der Waals surface area contributed by atoms with Crippen molar-refractivity contribution in [3.05, 3.63) is 131 Å². The average Bonchev–Trinajstić information content (AvgIpc) is 3.42. The third kappa shape index (κ3) is 6.59. The summed E-state index contributed by atoms with van der Waals surface area (Å²) in [5, 5.41) is 13.7. The number of anilines is 2. The fraction of sp³-hybridized carbons (Fsp3) is 0.357. The number of hydrogen-bond donors (Lipinski definition) is 2. The first-order valence-corrected chi connectivity index (χ1v) is 17.0. The number of phenols is 1. The van der Waals surface area contributed by atoms with Gasteiger partial charge in [-0.25, -0.2) is 0 Å². The number of nitrogens with one attached hydrogen (secondary N) is 1. The van der Waals surface area contributed by atoms with Crippen LogP contribution >= 0.6 is 0 Å². The van der Waals surface area contributed by atoms with Crippen molar-refractivity contribution in [3.8, 4) is 5.75 Å². The number of benzene rings is 3. The Kier molecular flexibility index (Phi) is 10.3. The molecule has 0 amide bonds. The zero-order valence-electron chi connectivity index (χ0n) is 29.5. The average molecular weight is 631 g/mol. The van der Waals surface area contributed by atoms with Gasteiger partial charge < -0.3 is 20.1 Å². The van der Waals surface area contributed by atoms with Crippen LogP contribution in [0.4, 0.5) is 17.1 Å². The van der Waals surface area contributed by atoms with Gasteiger partial charge in [0.1, 0.15) is 12.3 Å². The lowest BCUT2D eigenvalue weighted by Gasteiger charge is -2.27. The number of ether oxygens (including phenoxy) is 1. The quantitative estimate of drug-likeness (QED) is 0.202. The van der Waals surface area contributed by atoms with Crippen LogP contribution in [0, 0.1) is 0 Å². The fourth-order valence-corrected chi connectivity index (χ4v) is 7.43. The number of likely N-dealkylation sites (N-methyl/N-ethyl adjacent to an activating group) is 1. The second kappa shape index (κ2) is 14.2. The predicted octanol–water partition coefficient (Wildman–Crippen LogP) is 9.79. The van der Waals surface area contributed by atoms with Gasteiger partial charge >= 0.3 is 0 Å². The Labute approximate surface area is 282 Å². The molecule has 3 aromatic rings. The number of allylic oxidation sites excluding steroid dienone is 7. The number of methoxy groups -OCH3 is 1. The molecule has 3 aliphatic rings. The monoisotopic (exact) mass is 630 g/mol. The normalized spacial score (nSPS) is 19.7. The van der Waals surface area contributed by atoms with Crippen LogP contribution in [0.15, 0.2) is 120 Å². The Morgan fingerprint density at radius 1 is 0.830 bits per heavy atom. The van der Waals surface area contributed by atoms with Gasteiger partial charge in [-0.3, -0.25) is 0 Å². The van der Waals surface area contributed by atoms with Gasteiger partial charge in [-0.15, -0.1) is 0 Å². The zero-order chi connectivity index (χ0) is 33.8. The van der Waals surface area contributed by atoms with Crippen molar-refractivity contribution in [2.45, 2.75) is 71.6 Å². The summed E-state index contributed by atoms with van der Waals surface area (Å²) in [6, 6.07) is 25.0. The lowest BCUT2D eigenvalue weighted by molar-refractivity contribution is -0.433. The summed E-state index contributed by atoms with van der Waals surface area (Å²) in [5.41, 5.74) is 12.7. The first kappa shape index (κ1) is 34.0. The molecule has 2 aliphatic heterocycles. The molecule has 0 spiro atoms. The van der Waals surface area contributed by atoms with E-state index < -0.39 is 0 Å². The molecular weight excluding hydrogens is 578 g/mol. The minimum Gasteiger partial charge on any atom is -0.508 e. The second-order valence-electron chi connectivity index (χ2n) is 13.6. The number of para-hydroxylation sites is 2. The van der Waals surface area contributed by atoms with Crippen LogP contribution in [0.1, 0.15) is 71.9 Å². The minimum absolute atomic E-state index is 0.0708. The Morgan fingerprint density at radius 3 is 2.17 bits per heavy atom. The maximum Gasteiger partial charge on any atom is 0.209 e. The van der Waals surface area contributed by atoms with Gasteiger partial charge in [0.15, 0.2) is 5.71 Å². The lowest BCUT2D eigenvalue weighted by Crippen LogP contribution is -2.27. The standard InChI is InChI=1S/C40H45N3O.C2H6O/c1-7-42-34-18-11-9-16-32(34)39(3,4)36(42)26-20-28-14-13-15-29(38(28)41-30-22-24-31(44)25-23-30)21-27-37-40(5,6)33-17-10-12-19-35(33)43(37)8-2;1-3-2/h9-12,16-27,44H,7-8,13-15H2,1-6H3;1-2H3/p+1/b28-20+,36-26+;. The molecule has 6 rings (SSSR count). The highest BCUT2D eigenvalue weighted by atomic mass is 16.4. The van der Waals surface area contributed by atoms with E-state index >= 15 is 0 Å². The van der Waals surface area contributed by atoms with E-state index in [4.69, 9.17) is 0 Å². The molecule has 0 radical (unpaired) electrons. The van der Waals surface area contributed by atoms with Gasteiger partial charge in [0.25, 0.3) is 0 Å². The summed E-state index contributed by atoms with van der Waals surface area (Å²) in [5.74, 6) is 0.274. The van der Waals surface area contributed by atoms with E-state index in [0.717, 1.165) is 38.0 Å². The van der Waals surface area contributed by atoms with Crippen LogP contribution < -0.4 is 10.2 Å². The van der Waals surface area contributed by atoms with E-state index in [1.54, 1.807) is 26.4 Å². The molecule has 0 atom stereocenters. The lowest BCUT2D eigenvalue weighted by atomic mass is 9.81. The molecule has 2 heterocycles. The number of phenolic OH excluding ortho intramolecular Hbond substituents is 1. The van der Waals surface area contributed by atoms with Crippen LogP contribution in [-0.4, -0.2) is 42.7 Å². The molecule has 47 heavy (non-hydrogen) atoms. The van der Waals surface area contributed by atoms with E-state index in [0.29, 0.717) is 0 Å². The largest absolute Gasteiger partial charge is 0.508 e. The highest BCUT2D eigenvalue weighted by Gasteiger charge is 2.43. The van der Waals surface area contributed by atoms with Crippen molar-refractivity contribution in [2.24, 2.45) is 0 Å². The molecule has 0 bridgehead atoms. The van der Waals surface area contributed by atoms with E-state index in [9.17, 15) is 5.11 Å². The smallest absolute Gasteiger partial charge is 0.209 e. The summed E-state index contributed by atoms with van der Waals surface area (Å²) < 4.78 is 6.71. The van der Waals surface area contributed by atoms with Gasteiger partial charge in [-0.2, -0.15) is 4.58 Å². The van der Waals surface area contributed by atoms with Crippen LogP contribution in [0.2, 0.25) is 0 Å². The summed E-state index contributed by atoms with van der Waals surface area (Å²) in [6.45, 7) is 15.7. The second-order valence-corrected chi connectivity index (χ2v) is 13.6. The molecule has 5 nitrogen and oxygen atoms in total. The summed E-state index contributed by atoms with van der Waals surface area (Å²) in [6.07, 6.45) is 12.5. The van der Waals surface area contributed by atoms with Crippen LogP contribution in [-0.2, 0) is 15.6 Å². The summed E-state index contributed by atoms with van der Waals surface area (Å²) >= 11 is 0. The number of aromatic hydroxyl groups is 1. The third-order valence-corrected chi connectivity index (χ3v) is 9.79. The number of fused-ring (bicyclic) bond motifs is 2. The Bertz CT molecular complexity index is 1750. The molecule has 246 valence electrons. The number of rotatable bonds is 7. The van der Waals surface area contributed by atoms with Crippen molar-refractivity contribution in [1.82, 2.24) is 0 Å². The molecule has 3 aromatic carbocycles. The van der Waals surface area contributed by atoms with Crippen molar-refractivity contribution < 1.29 is 14.4 Å². The molecule has 0 saturated heterocycles. The van der Waals surface area contributed by atoms with Crippen LogP contribution in [0.5, 0.6) is 5.75 Å². The van der Waals surface area contributed by atoms with E-state index in [-0.39, 0.29) is 16.6 Å². The van der Waals surface area contributed by atoms with Gasteiger partial charge in [0.2, 0.25) is 5.69 Å². The molecule has 2 N–H and O–H groups in total. The first-order chi connectivity index (χ1) is 22.6. The van der Waals surface area contributed by atoms with Gasteiger partial charge in [0, 0.05) is 66.7 Å². The van der Waals surface area contributed by atoms with Crippen molar-refractivity contribution in [3.63, 3.8) is 0 Å². The molecular formula is C42H52N3O2+. The van der Waals surface area contributed by atoms with Gasteiger partial charge in [-0.05, 0) is 100 Å². The Balaban J connectivity index is 0.00000139. The fourth-order valence-electron chi connectivity index (χ4n) is 7.43. The maximum absolute atomic E-state index is 9.94. The van der Waals surface area contributed by atoms with E-state index in [2.05, 4.69) is 134 Å². The SMILES string of the molecule is CCN1/C(=C/C=C2\CCCC(/C=C/C3=[N+](CC)c4ccccc4C3(C)C)=C2Nc2ccc(O)cc2)C(C)(C)c2ccccc21.COC. The zero-order valence-corrected chi connectivity index (χ0v) is 29.5. The van der Waals surface area contributed by atoms with E-state index in [1.807, 2.05) is 12.1 Å². The molecule has 0 saturated carbocycles. The van der Waals surface area contributed by atoms with Crippen molar-refractivity contribution >= 4 is 22.8 Å². The predicted molar refractivity (Wildman–Crippen MR) is 198 cm³/mol. The van der Waals surface area contributed by atoms with Crippen LogP contribution in [0.25, 0.3) is 0 Å². The van der Waals surface area contributed by atoms with Gasteiger partial charge in [0.05, 0.1) is 5.41 Å². The minimum atomic E-state index is -0.0708. The molecule has 1 aliphatic carbocycles. The number of hydrogen-bond acceptors (Lipinski definition) is 4. The topological polar surface area (TPSA) is 47.7 Å². The van der Waals surface area contributed by atoms with Crippen molar-refractivity contribution in [2.75, 3.05) is 37.5 Å². The number of nitrogens with zero attached hydrogens (tertiary/aromatic N) is 2. The highest BCUT2D eigenvalue weighted by molar-refractivity contribution is 6.03. The van der Waals surface area contributed by atoms with E-state index in [1.165, 1.54) is 50.8 Å². The maximum atomic E-state index is 9.94. The molecule has 0 fully saturated rings. The summed E-state index contributed by atoms with van der Waals surface area (Å²) in [7, 11) is 3.25. The third-order valence-electron chi connectivity index (χ3n) is 9.79. The van der Waals surface area contributed by atoms with Gasteiger partial charge in [-0.1, -0.05) is 62.4 Å². The Hall–Kier alpha value is -4.35.